The highest BCUT2D eigenvalue weighted by atomic mass is 16.5. The fourth-order valence-corrected chi connectivity index (χ4v) is 1.14. The number of methoxy groups -OCH3 is 1. The number of nitrogens with zero attached hydrogens (tertiary/aromatic N) is 2. The highest BCUT2D eigenvalue weighted by Gasteiger charge is 2.13. The molecule has 2 N–H and O–H groups in total. The largest absolute Gasteiger partial charge is 0.377 e. The molecule has 0 fully saturated rings. The minimum Gasteiger partial charge on any atom is -0.377 e. The maximum atomic E-state index is 11.6. The van der Waals surface area contributed by atoms with E-state index < -0.39 is 0 Å². The van der Waals surface area contributed by atoms with Gasteiger partial charge >= 0.3 is 0 Å². The SMILES string of the molecule is COCc1cc(C(=O)Nc2ncc[nH]2)no1. The lowest BCUT2D eigenvalue weighted by Gasteiger charge is -1.95. The van der Waals surface area contributed by atoms with E-state index in [1.54, 1.807) is 6.20 Å². The van der Waals surface area contributed by atoms with Crippen molar-refractivity contribution in [2.45, 2.75) is 6.61 Å². The number of hydrogen-bond donors (Lipinski definition) is 2. The van der Waals surface area contributed by atoms with Gasteiger partial charge in [-0.1, -0.05) is 5.16 Å². The predicted molar refractivity (Wildman–Crippen MR) is 53.8 cm³/mol. The third-order valence-electron chi connectivity index (χ3n) is 1.81. The molecule has 2 aromatic rings. The molecule has 7 heteroatoms. The van der Waals surface area contributed by atoms with Crippen molar-refractivity contribution in [1.82, 2.24) is 15.1 Å². The van der Waals surface area contributed by atoms with E-state index >= 15 is 0 Å². The summed E-state index contributed by atoms with van der Waals surface area (Å²) in [5.74, 6) is 0.467. The van der Waals surface area contributed by atoms with Gasteiger partial charge in [-0.15, -0.1) is 0 Å². The van der Waals surface area contributed by atoms with Crippen molar-refractivity contribution in [2.75, 3.05) is 12.4 Å². The number of carbonyl (C=O) groups excluding carboxylic acids is 1. The molecule has 0 aliphatic carbocycles. The smallest absolute Gasteiger partial charge is 0.280 e. The van der Waals surface area contributed by atoms with Crippen LogP contribution in [0.2, 0.25) is 0 Å². The van der Waals surface area contributed by atoms with Crippen molar-refractivity contribution in [1.29, 1.82) is 0 Å². The van der Waals surface area contributed by atoms with E-state index in [1.807, 2.05) is 0 Å². The average Bonchev–Trinajstić information content (AvgIpc) is 2.89. The van der Waals surface area contributed by atoms with E-state index in [9.17, 15) is 4.79 Å². The first-order chi connectivity index (χ1) is 7.79. The van der Waals surface area contributed by atoms with E-state index in [4.69, 9.17) is 9.26 Å². The number of ether oxygens (including phenoxy) is 1. The molecule has 0 saturated heterocycles. The van der Waals surface area contributed by atoms with Crippen molar-refractivity contribution in [3.8, 4) is 0 Å². The van der Waals surface area contributed by atoms with Gasteiger partial charge in [0.05, 0.1) is 0 Å². The Morgan fingerprint density at radius 1 is 1.69 bits per heavy atom. The Hall–Kier alpha value is -2.15. The van der Waals surface area contributed by atoms with Gasteiger partial charge in [-0.3, -0.25) is 10.1 Å². The quantitative estimate of drug-likeness (QED) is 0.797. The van der Waals surface area contributed by atoms with Crippen molar-refractivity contribution < 1.29 is 14.1 Å². The number of anilines is 1. The summed E-state index contributed by atoms with van der Waals surface area (Å²) in [5, 5.41) is 6.13. The summed E-state index contributed by atoms with van der Waals surface area (Å²) >= 11 is 0. The molecule has 0 unspecified atom stereocenters. The summed E-state index contributed by atoms with van der Waals surface area (Å²) in [7, 11) is 1.53. The molecule has 7 nitrogen and oxygen atoms in total. The topological polar surface area (TPSA) is 93.0 Å². The summed E-state index contributed by atoms with van der Waals surface area (Å²) in [6.07, 6.45) is 3.14. The zero-order chi connectivity index (χ0) is 11.4. The van der Waals surface area contributed by atoms with E-state index in [2.05, 4.69) is 20.4 Å². The van der Waals surface area contributed by atoms with Gasteiger partial charge in [0.1, 0.15) is 6.61 Å². The molecular formula is C9H10N4O3. The lowest BCUT2D eigenvalue weighted by Crippen LogP contribution is -2.13. The first-order valence-corrected chi connectivity index (χ1v) is 4.55. The van der Waals surface area contributed by atoms with Crippen molar-refractivity contribution in [2.24, 2.45) is 0 Å². The second-order valence-electron chi connectivity index (χ2n) is 3.00. The van der Waals surface area contributed by atoms with Crippen molar-refractivity contribution in [3.63, 3.8) is 0 Å². The number of rotatable bonds is 4. The van der Waals surface area contributed by atoms with Crippen LogP contribution in [0.4, 0.5) is 5.95 Å². The lowest BCUT2D eigenvalue weighted by molar-refractivity contribution is 0.101. The molecule has 0 atom stereocenters. The highest BCUT2D eigenvalue weighted by molar-refractivity contribution is 6.01. The molecule has 1 amide bonds. The van der Waals surface area contributed by atoms with Crippen LogP contribution in [-0.4, -0.2) is 28.1 Å². The Bertz CT molecular complexity index is 463. The molecule has 0 aromatic carbocycles. The molecule has 0 spiro atoms. The first-order valence-electron chi connectivity index (χ1n) is 4.55. The molecule has 0 aliphatic rings. The summed E-state index contributed by atoms with van der Waals surface area (Å²) in [4.78, 5) is 18.2. The molecule has 84 valence electrons. The maximum Gasteiger partial charge on any atom is 0.280 e. The van der Waals surface area contributed by atoms with Gasteiger partial charge in [-0.05, 0) is 0 Å². The second kappa shape index (κ2) is 4.58. The van der Waals surface area contributed by atoms with Gasteiger partial charge in [0.15, 0.2) is 11.5 Å². The van der Waals surface area contributed by atoms with Gasteiger partial charge < -0.3 is 14.2 Å². The van der Waals surface area contributed by atoms with Crippen molar-refractivity contribution in [3.05, 3.63) is 29.9 Å². The number of aromatic nitrogens is 3. The van der Waals surface area contributed by atoms with Gasteiger partial charge in [-0.2, -0.15) is 0 Å². The maximum absolute atomic E-state index is 11.6. The molecule has 0 radical (unpaired) electrons. The predicted octanol–water partition coefficient (Wildman–Crippen LogP) is 0.796. The van der Waals surface area contributed by atoms with Gasteiger partial charge in [0.2, 0.25) is 5.95 Å². The molecule has 2 aromatic heterocycles. The standard InChI is InChI=1S/C9H10N4O3/c1-15-5-6-4-7(13-16-6)8(14)12-9-10-2-3-11-9/h2-4H,5H2,1H3,(H2,10,11,12,14). The number of H-pyrrole nitrogens is 1. The summed E-state index contributed by atoms with van der Waals surface area (Å²) in [6.45, 7) is 0.279. The fraction of sp³-hybridized carbons (Fsp3) is 0.222. The van der Waals surface area contributed by atoms with Crippen LogP contribution in [-0.2, 0) is 11.3 Å². The lowest BCUT2D eigenvalue weighted by atomic mass is 10.3. The molecule has 2 rings (SSSR count). The minimum absolute atomic E-state index is 0.184. The number of aromatic amines is 1. The van der Waals surface area contributed by atoms with Gasteiger partial charge in [0.25, 0.3) is 5.91 Å². The summed E-state index contributed by atoms with van der Waals surface area (Å²) in [5.41, 5.74) is 0.184. The number of carbonyl (C=O) groups is 1. The third-order valence-corrected chi connectivity index (χ3v) is 1.81. The zero-order valence-corrected chi connectivity index (χ0v) is 8.56. The van der Waals surface area contributed by atoms with Gasteiger partial charge in [-0.25, -0.2) is 4.98 Å². The number of amides is 1. The van der Waals surface area contributed by atoms with E-state index in [1.165, 1.54) is 19.4 Å². The number of nitrogens with one attached hydrogen (secondary N) is 2. The van der Waals surface area contributed by atoms with Crippen LogP contribution in [0, 0.1) is 0 Å². The Kier molecular flexibility index (Phi) is 2.97. The van der Waals surface area contributed by atoms with Crippen LogP contribution in [0.5, 0.6) is 0 Å². The minimum atomic E-state index is -0.388. The Balaban J connectivity index is 2.03. The Morgan fingerprint density at radius 2 is 2.56 bits per heavy atom. The normalized spacial score (nSPS) is 10.3. The van der Waals surface area contributed by atoms with Crippen LogP contribution in [0.1, 0.15) is 16.2 Å². The summed E-state index contributed by atoms with van der Waals surface area (Å²) < 4.78 is 9.72. The first kappa shape index (κ1) is 10.4. The van der Waals surface area contributed by atoms with E-state index in [0.29, 0.717) is 11.7 Å². The Morgan fingerprint density at radius 3 is 3.25 bits per heavy atom. The summed E-state index contributed by atoms with van der Waals surface area (Å²) in [6, 6.07) is 1.52. The molecular weight excluding hydrogens is 212 g/mol. The van der Waals surface area contributed by atoms with Crippen LogP contribution < -0.4 is 5.32 Å². The van der Waals surface area contributed by atoms with Crippen LogP contribution in [0.25, 0.3) is 0 Å². The van der Waals surface area contributed by atoms with Crippen LogP contribution >= 0.6 is 0 Å². The zero-order valence-electron chi connectivity index (χ0n) is 8.56. The Labute approximate surface area is 90.8 Å². The molecule has 2 heterocycles. The van der Waals surface area contributed by atoms with Crippen LogP contribution in [0.15, 0.2) is 23.0 Å². The molecule has 16 heavy (non-hydrogen) atoms. The molecule has 0 saturated carbocycles. The third kappa shape index (κ3) is 2.26. The van der Waals surface area contributed by atoms with Crippen molar-refractivity contribution >= 4 is 11.9 Å². The van der Waals surface area contributed by atoms with Crippen LogP contribution in [0.3, 0.4) is 0 Å². The second-order valence-corrected chi connectivity index (χ2v) is 3.00. The monoisotopic (exact) mass is 222 g/mol. The molecule has 0 aliphatic heterocycles. The highest BCUT2D eigenvalue weighted by Crippen LogP contribution is 2.06. The van der Waals surface area contributed by atoms with E-state index in [-0.39, 0.29) is 18.2 Å². The van der Waals surface area contributed by atoms with E-state index in [0.717, 1.165) is 0 Å². The number of imidazole rings is 1. The molecule has 0 bridgehead atoms. The fourth-order valence-electron chi connectivity index (χ4n) is 1.14. The number of hydrogen-bond acceptors (Lipinski definition) is 5. The van der Waals surface area contributed by atoms with Gasteiger partial charge in [0, 0.05) is 25.6 Å². The average molecular weight is 222 g/mol.